The molecule has 0 aliphatic heterocycles. The second-order valence-corrected chi connectivity index (χ2v) is 2.65. The molecule has 0 bridgehead atoms. The quantitative estimate of drug-likeness (QED) is 0.680. The van der Waals surface area contributed by atoms with E-state index in [1.54, 1.807) is 0 Å². The van der Waals surface area contributed by atoms with Gasteiger partial charge in [0, 0.05) is 31.9 Å². The molecule has 1 N–H and O–H groups in total. The van der Waals surface area contributed by atoms with Gasteiger partial charge in [0.05, 0.1) is 0 Å². The fourth-order valence-electron chi connectivity index (χ4n) is 1.17. The fraction of sp³-hybridized carbons (Fsp3) is 0.250. The molecule has 62 valence electrons. The molecular formula is C8H10N4. The number of hydrogen-bond donors (Lipinski definition) is 1. The summed E-state index contributed by atoms with van der Waals surface area (Å²) in [5.41, 5.74) is 0.953. The topological polar surface area (TPSA) is 42.7 Å². The Morgan fingerprint density at radius 2 is 2.33 bits per heavy atom. The Morgan fingerprint density at radius 1 is 1.50 bits per heavy atom. The van der Waals surface area contributed by atoms with Gasteiger partial charge < -0.3 is 9.88 Å². The Labute approximate surface area is 70.3 Å². The predicted molar refractivity (Wildman–Crippen MR) is 48.1 cm³/mol. The van der Waals surface area contributed by atoms with Crippen molar-refractivity contribution in [1.82, 2.24) is 14.5 Å². The zero-order chi connectivity index (χ0) is 8.55. The van der Waals surface area contributed by atoms with Crippen molar-refractivity contribution >= 4 is 17.0 Å². The molecule has 12 heavy (non-hydrogen) atoms. The van der Waals surface area contributed by atoms with Crippen molar-refractivity contribution in [3.8, 4) is 0 Å². The van der Waals surface area contributed by atoms with Crippen LogP contribution in [0.5, 0.6) is 0 Å². The van der Waals surface area contributed by atoms with Gasteiger partial charge in [-0.05, 0) is 6.07 Å². The number of hydrogen-bond acceptors (Lipinski definition) is 3. The van der Waals surface area contributed by atoms with Gasteiger partial charge in [-0.15, -0.1) is 0 Å². The van der Waals surface area contributed by atoms with Crippen LogP contribution in [0.4, 0.5) is 5.95 Å². The summed E-state index contributed by atoms with van der Waals surface area (Å²) in [4.78, 5) is 8.40. The average molecular weight is 162 g/mol. The van der Waals surface area contributed by atoms with Gasteiger partial charge in [0.15, 0.2) is 0 Å². The number of rotatable bonds is 1. The third-order valence-electron chi connectivity index (χ3n) is 1.83. The molecule has 0 aromatic carbocycles. The maximum Gasteiger partial charge on any atom is 0.224 e. The zero-order valence-corrected chi connectivity index (χ0v) is 7.07. The molecule has 4 heteroatoms. The van der Waals surface area contributed by atoms with Crippen LogP contribution in [0.1, 0.15) is 0 Å². The summed E-state index contributed by atoms with van der Waals surface area (Å²) < 4.78 is 1.97. The molecule has 0 aliphatic carbocycles. The number of nitrogens with one attached hydrogen (secondary N) is 1. The molecule has 4 nitrogen and oxygen atoms in total. The van der Waals surface area contributed by atoms with Gasteiger partial charge >= 0.3 is 0 Å². The van der Waals surface area contributed by atoms with E-state index in [9.17, 15) is 0 Å². The molecule has 0 saturated heterocycles. The molecule has 0 spiro atoms. The summed E-state index contributed by atoms with van der Waals surface area (Å²) in [6.45, 7) is 0. The number of fused-ring (bicyclic) bond motifs is 1. The largest absolute Gasteiger partial charge is 0.357 e. The maximum absolute atomic E-state index is 4.29. The lowest BCUT2D eigenvalue weighted by atomic mass is 10.4. The number of anilines is 1. The second kappa shape index (κ2) is 2.48. The third-order valence-corrected chi connectivity index (χ3v) is 1.83. The van der Waals surface area contributed by atoms with Gasteiger partial charge in [0.25, 0.3) is 0 Å². The molecule has 0 saturated carbocycles. The van der Waals surface area contributed by atoms with Crippen LogP contribution in [0.2, 0.25) is 0 Å². The Bertz CT molecular complexity index is 404. The standard InChI is InChI=1S/C8H10N4/c1-9-8-10-5-6-3-4-12(2)7(6)11-8/h3-5H,1-2H3,(H,9,10,11). The van der Waals surface area contributed by atoms with Crippen LogP contribution in [-0.4, -0.2) is 21.6 Å². The molecule has 2 rings (SSSR count). The first kappa shape index (κ1) is 7.09. The Balaban J connectivity index is 2.71. The van der Waals surface area contributed by atoms with Crippen molar-refractivity contribution in [3.05, 3.63) is 18.5 Å². The lowest BCUT2D eigenvalue weighted by molar-refractivity contribution is 0.944. The minimum Gasteiger partial charge on any atom is -0.357 e. The van der Waals surface area contributed by atoms with Crippen LogP contribution in [0.25, 0.3) is 11.0 Å². The van der Waals surface area contributed by atoms with Gasteiger partial charge in [0.2, 0.25) is 5.95 Å². The lowest BCUT2D eigenvalue weighted by Gasteiger charge is -1.98. The highest BCUT2D eigenvalue weighted by Crippen LogP contribution is 2.11. The van der Waals surface area contributed by atoms with E-state index >= 15 is 0 Å². The summed E-state index contributed by atoms with van der Waals surface area (Å²) in [6, 6.07) is 1.99. The molecule has 0 atom stereocenters. The molecule has 0 radical (unpaired) electrons. The Morgan fingerprint density at radius 3 is 3.08 bits per heavy atom. The normalized spacial score (nSPS) is 10.5. The number of nitrogens with zero attached hydrogens (tertiary/aromatic N) is 3. The smallest absolute Gasteiger partial charge is 0.224 e. The van der Waals surface area contributed by atoms with Crippen molar-refractivity contribution in [2.45, 2.75) is 0 Å². The molecule has 0 aliphatic rings. The van der Waals surface area contributed by atoms with E-state index in [2.05, 4.69) is 15.3 Å². The van der Waals surface area contributed by atoms with Crippen molar-refractivity contribution in [2.24, 2.45) is 7.05 Å². The maximum atomic E-state index is 4.29. The van der Waals surface area contributed by atoms with Gasteiger partial charge in [-0.25, -0.2) is 4.98 Å². The van der Waals surface area contributed by atoms with Crippen molar-refractivity contribution in [1.29, 1.82) is 0 Å². The van der Waals surface area contributed by atoms with E-state index in [1.165, 1.54) is 0 Å². The highest BCUT2D eigenvalue weighted by molar-refractivity contribution is 5.75. The molecule has 2 aromatic heterocycles. The Hall–Kier alpha value is -1.58. The second-order valence-electron chi connectivity index (χ2n) is 2.65. The SMILES string of the molecule is CNc1ncc2ccn(C)c2n1. The first-order valence-electron chi connectivity index (χ1n) is 3.77. The van der Waals surface area contributed by atoms with Crippen LogP contribution in [0.3, 0.4) is 0 Å². The third kappa shape index (κ3) is 0.922. The van der Waals surface area contributed by atoms with E-state index in [0.29, 0.717) is 5.95 Å². The summed E-state index contributed by atoms with van der Waals surface area (Å²) in [5, 5.41) is 3.97. The van der Waals surface area contributed by atoms with Crippen molar-refractivity contribution in [3.63, 3.8) is 0 Å². The first-order chi connectivity index (χ1) is 5.81. The molecule has 0 fully saturated rings. The van der Waals surface area contributed by atoms with E-state index in [4.69, 9.17) is 0 Å². The van der Waals surface area contributed by atoms with Crippen LogP contribution in [0, 0.1) is 0 Å². The molecule has 0 unspecified atom stereocenters. The van der Waals surface area contributed by atoms with Gasteiger partial charge in [0.1, 0.15) is 5.65 Å². The van der Waals surface area contributed by atoms with E-state index in [-0.39, 0.29) is 0 Å². The lowest BCUT2D eigenvalue weighted by Crippen LogP contribution is -1.97. The monoisotopic (exact) mass is 162 g/mol. The van der Waals surface area contributed by atoms with Crippen LogP contribution in [-0.2, 0) is 7.05 Å². The predicted octanol–water partition coefficient (Wildman–Crippen LogP) is 1.01. The molecular weight excluding hydrogens is 152 g/mol. The molecule has 0 amide bonds. The van der Waals surface area contributed by atoms with Gasteiger partial charge in [-0.1, -0.05) is 0 Å². The van der Waals surface area contributed by atoms with Crippen molar-refractivity contribution < 1.29 is 0 Å². The number of aryl methyl sites for hydroxylation is 1. The van der Waals surface area contributed by atoms with Crippen LogP contribution < -0.4 is 5.32 Å². The molecule has 2 aromatic rings. The van der Waals surface area contributed by atoms with Crippen molar-refractivity contribution in [2.75, 3.05) is 12.4 Å². The summed E-state index contributed by atoms with van der Waals surface area (Å²) in [6.07, 6.45) is 3.78. The van der Waals surface area contributed by atoms with Gasteiger partial charge in [-0.2, -0.15) is 4.98 Å². The Kier molecular flexibility index (Phi) is 1.46. The van der Waals surface area contributed by atoms with Crippen LogP contribution in [0.15, 0.2) is 18.5 Å². The van der Waals surface area contributed by atoms with Crippen LogP contribution >= 0.6 is 0 Å². The minimum absolute atomic E-state index is 0.657. The zero-order valence-electron chi connectivity index (χ0n) is 7.07. The fourth-order valence-corrected chi connectivity index (χ4v) is 1.17. The highest BCUT2D eigenvalue weighted by atomic mass is 15.1. The summed E-state index contributed by atoms with van der Waals surface area (Å²) in [7, 11) is 3.78. The van der Waals surface area contributed by atoms with Gasteiger partial charge in [-0.3, -0.25) is 0 Å². The van der Waals surface area contributed by atoms with E-state index in [0.717, 1.165) is 11.0 Å². The van der Waals surface area contributed by atoms with E-state index < -0.39 is 0 Å². The first-order valence-corrected chi connectivity index (χ1v) is 3.77. The molecule has 2 heterocycles. The summed E-state index contributed by atoms with van der Waals surface area (Å²) >= 11 is 0. The average Bonchev–Trinajstić information content (AvgIpc) is 2.47. The minimum atomic E-state index is 0.657. The summed E-state index contributed by atoms with van der Waals surface area (Å²) in [5.74, 6) is 0.657. The number of aromatic nitrogens is 3. The highest BCUT2D eigenvalue weighted by Gasteiger charge is 2.00. The van der Waals surface area contributed by atoms with E-state index in [1.807, 2.05) is 37.1 Å².